The van der Waals surface area contributed by atoms with E-state index < -0.39 is 6.10 Å². The molecule has 1 atom stereocenters. The van der Waals surface area contributed by atoms with Crippen LogP contribution in [0.3, 0.4) is 0 Å². The third kappa shape index (κ3) is 58.4. The van der Waals surface area contributed by atoms with Crippen molar-refractivity contribution in [1.82, 2.24) is 0 Å². The molecule has 0 bridgehead atoms. The van der Waals surface area contributed by atoms with E-state index in [-0.39, 0.29) is 31.1 Å². The molecule has 0 aliphatic carbocycles. The van der Waals surface area contributed by atoms with E-state index >= 15 is 0 Å². The van der Waals surface area contributed by atoms with Crippen LogP contribution in [0.25, 0.3) is 0 Å². The van der Waals surface area contributed by atoms with Crippen LogP contribution in [0, 0.1) is 0 Å². The second kappa shape index (κ2) is 60.2. The lowest BCUT2D eigenvalue weighted by atomic mass is 10.0. The van der Waals surface area contributed by atoms with Crippen LogP contribution >= 0.6 is 0 Å². The summed E-state index contributed by atoms with van der Waals surface area (Å²) < 4.78 is 16.9. The van der Waals surface area contributed by atoms with Crippen molar-refractivity contribution in [3.63, 3.8) is 0 Å². The zero-order chi connectivity index (χ0) is 51.4. The number of unbranched alkanes of at least 4 members (excludes halogenated alkanes) is 41. The molecule has 0 aliphatic heterocycles. The zero-order valence-electron chi connectivity index (χ0n) is 47.8. The summed E-state index contributed by atoms with van der Waals surface area (Å²) in [6.07, 6.45) is 73.0. The van der Waals surface area contributed by atoms with Crippen molar-refractivity contribution < 1.29 is 28.6 Å². The van der Waals surface area contributed by atoms with Gasteiger partial charge in [-0.1, -0.05) is 269 Å². The third-order valence-electron chi connectivity index (χ3n) is 14.1. The lowest BCUT2D eigenvalue weighted by molar-refractivity contribution is -0.167. The molecule has 0 saturated carbocycles. The second-order valence-corrected chi connectivity index (χ2v) is 21.3. The summed E-state index contributed by atoms with van der Waals surface area (Å²) >= 11 is 0. The van der Waals surface area contributed by atoms with Gasteiger partial charge in [0.1, 0.15) is 13.2 Å². The fourth-order valence-electron chi connectivity index (χ4n) is 9.30. The van der Waals surface area contributed by atoms with Crippen molar-refractivity contribution in [1.29, 1.82) is 0 Å². The Kier molecular flexibility index (Phi) is 58.2. The van der Waals surface area contributed by atoms with Crippen LogP contribution in [0.2, 0.25) is 0 Å². The Morgan fingerprint density at radius 1 is 0.268 bits per heavy atom. The third-order valence-corrected chi connectivity index (χ3v) is 14.1. The van der Waals surface area contributed by atoms with Crippen molar-refractivity contribution in [2.45, 2.75) is 348 Å². The monoisotopic (exact) mass is 997 g/mol. The number of carbonyl (C=O) groups is 3. The summed E-state index contributed by atoms with van der Waals surface area (Å²) in [6.45, 7) is 6.63. The standard InChI is InChI=1S/C65H120O6/c1-4-7-10-13-16-19-22-24-26-28-29-30-31-32-33-34-35-37-38-40-43-46-49-52-55-58-64(67)70-61-62(60-69-63(66)57-54-51-48-45-42-21-18-15-12-9-6-3)71-65(68)59-56-53-50-47-44-41-39-36-27-25-23-20-17-14-11-8-5-2/h15,18,25,27-29,62H,4-14,16-17,19-24,26,30-61H2,1-3H3/b18-15-,27-25-,29-28-. The molecule has 0 aromatic rings. The maximum atomic E-state index is 12.9. The summed E-state index contributed by atoms with van der Waals surface area (Å²) in [5.74, 6) is -0.870. The number of allylic oxidation sites excluding steroid dienone is 6. The first-order valence-electron chi connectivity index (χ1n) is 31.5. The minimum absolute atomic E-state index is 0.0736. The highest BCUT2D eigenvalue weighted by Crippen LogP contribution is 2.17. The molecule has 0 aromatic heterocycles. The average molecular weight is 998 g/mol. The largest absolute Gasteiger partial charge is 0.462 e. The van der Waals surface area contributed by atoms with Crippen LogP contribution < -0.4 is 0 Å². The Bertz CT molecular complexity index is 1190. The predicted octanol–water partition coefficient (Wildman–Crippen LogP) is 21.2. The van der Waals surface area contributed by atoms with E-state index in [2.05, 4.69) is 57.2 Å². The van der Waals surface area contributed by atoms with E-state index in [1.165, 1.54) is 238 Å². The average Bonchev–Trinajstić information content (AvgIpc) is 3.37. The molecule has 0 spiro atoms. The summed E-state index contributed by atoms with van der Waals surface area (Å²) in [5, 5.41) is 0. The number of carbonyl (C=O) groups excluding carboxylic acids is 3. The van der Waals surface area contributed by atoms with E-state index in [4.69, 9.17) is 14.2 Å². The van der Waals surface area contributed by atoms with Crippen molar-refractivity contribution in [2.75, 3.05) is 13.2 Å². The van der Waals surface area contributed by atoms with Crippen LogP contribution in [0.1, 0.15) is 342 Å². The van der Waals surface area contributed by atoms with Gasteiger partial charge in [0, 0.05) is 19.3 Å². The molecule has 416 valence electrons. The maximum Gasteiger partial charge on any atom is 0.306 e. The molecule has 0 amide bonds. The van der Waals surface area contributed by atoms with E-state index in [1.54, 1.807) is 0 Å². The highest BCUT2D eigenvalue weighted by molar-refractivity contribution is 5.71. The van der Waals surface area contributed by atoms with Crippen molar-refractivity contribution in [3.8, 4) is 0 Å². The van der Waals surface area contributed by atoms with Gasteiger partial charge < -0.3 is 14.2 Å². The van der Waals surface area contributed by atoms with E-state index in [1.807, 2.05) is 0 Å². The molecule has 0 aliphatic rings. The summed E-state index contributed by atoms with van der Waals surface area (Å²) in [4.78, 5) is 38.2. The van der Waals surface area contributed by atoms with Gasteiger partial charge in [-0.15, -0.1) is 0 Å². The van der Waals surface area contributed by atoms with Gasteiger partial charge in [-0.25, -0.2) is 0 Å². The van der Waals surface area contributed by atoms with Gasteiger partial charge in [0.2, 0.25) is 0 Å². The Labute approximate surface area is 442 Å². The highest BCUT2D eigenvalue weighted by Gasteiger charge is 2.19. The lowest BCUT2D eigenvalue weighted by Gasteiger charge is -2.18. The van der Waals surface area contributed by atoms with Crippen LogP contribution in [-0.2, 0) is 28.6 Å². The highest BCUT2D eigenvalue weighted by atomic mass is 16.6. The molecule has 1 unspecified atom stereocenters. The van der Waals surface area contributed by atoms with Crippen LogP contribution in [0.15, 0.2) is 36.5 Å². The molecule has 0 N–H and O–H groups in total. The number of hydrogen-bond acceptors (Lipinski definition) is 6. The topological polar surface area (TPSA) is 78.9 Å². The van der Waals surface area contributed by atoms with Gasteiger partial charge in [-0.3, -0.25) is 14.4 Å². The first-order chi connectivity index (χ1) is 35.0. The molecule has 6 heteroatoms. The van der Waals surface area contributed by atoms with Gasteiger partial charge in [0.15, 0.2) is 6.10 Å². The predicted molar refractivity (Wildman–Crippen MR) is 307 cm³/mol. The van der Waals surface area contributed by atoms with Gasteiger partial charge in [-0.2, -0.15) is 0 Å². The van der Waals surface area contributed by atoms with Gasteiger partial charge in [0.25, 0.3) is 0 Å². The van der Waals surface area contributed by atoms with Gasteiger partial charge >= 0.3 is 17.9 Å². The lowest BCUT2D eigenvalue weighted by Crippen LogP contribution is -2.30. The van der Waals surface area contributed by atoms with Crippen molar-refractivity contribution in [3.05, 3.63) is 36.5 Å². The maximum absolute atomic E-state index is 12.9. The fourth-order valence-corrected chi connectivity index (χ4v) is 9.30. The normalized spacial score (nSPS) is 12.2. The number of hydrogen-bond donors (Lipinski definition) is 0. The zero-order valence-corrected chi connectivity index (χ0v) is 47.8. The summed E-state index contributed by atoms with van der Waals surface area (Å²) in [7, 11) is 0. The van der Waals surface area contributed by atoms with Crippen LogP contribution in [-0.4, -0.2) is 37.2 Å². The molecule has 0 saturated heterocycles. The van der Waals surface area contributed by atoms with E-state index in [9.17, 15) is 14.4 Å². The van der Waals surface area contributed by atoms with E-state index in [0.29, 0.717) is 19.3 Å². The van der Waals surface area contributed by atoms with Gasteiger partial charge in [-0.05, 0) is 89.9 Å². The minimum Gasteiger partial charge on any atom is -0.462 e. The van der Waals surface area contributed by atoms with Crippen LogP contribution in [0.4, 0.5) is 0 Å². The van der Waals surface area contributed by atoms with E-state index in [0.717, 1.165) is 64.2 Å². The Morgan fingerprint density at radius 3 is 0.746 bits per heavy atom. The fraction of sp³-hybridized carbons (Fsp3) is 0.862. The summed E-state index contributed by atoms with van der Waals surface area (Å²) in [5.41, 5.74) is 0. The van der Waals surface area contributed by atoms with Crippen LogP contribution in [0.5, 0.6) is 0 Å². The van der Waals surface area contributed by atoms with Crippen molar-refractivity contribution in [2.24, 2.45) is 0 Å². The number of ether oxygens (including phenoxy) is 3. The molecule has 0 heterocycles. The molecular formula is C65H120O6. The first kappa shape index (κ1) is 68.6. The molecule has 0 rings (SSSR count). The Hall–Kier alpha value is -2.37. The summed E-state index contributed by atoms with van der Waals surface area (Å²) in [6, 6.07) is 0. The molecular weight excluding hydrogens is 877 g/mol. The molecule has 0 fully saturated rings. The number of rotatable bonds is 58. The molecule has 0 aromatic carbocycles. The minimum atomic E-state index is -0.776. The smallest absolute Gasteiger partial charge is 0.306 e. The second-order valence-electron chi connectivity index (χ2n) is 21.3. The Balaban J connectivity index is 4.21. The molecule has 6 nitrogen and oxygen atoms in total. The molecule has 0 radical (unpaired) electrons. The quantitative estimate of drug-likeness (QED) is 0.0261. The Morgan fingerprint density at radius 2 is 0.479 bits per heavy atom. The van der Waals surface area contributed by atoms with Gasteiger partial charge in [0.05, 0.1) is 0 Å². The first-order valence-corrected chi connectivity index (χ1v) is 31.5. The molecule has 71 heavy (non-hydrogen) atoms. The SMILES string of the molecule is CCCC/C=C\CCCCCCCC(=O)OCC(COC(=O)CCCCCCCCCCCCCCC/C=C\CCCCCCCCCC)OC(=O)CCCCCCCCC/C=C\CCCCCCCC. The van der Waals surface area contributed by atoms with Crippen molar-refractivity contribution >= 4 is 17.9 Å². The number of esters is 3.